The van der Waals surface area contributed by atoms with E-state index in [1.54, 1.807) is 11.3 Å². The summed E-state index contributed by atoms with van der Waals surface area (Å²) < 4.78 is 5.58. The Bertz CT molecular complexity index is 839. The van der Waals surface area contributed by atoms with E-state index in [4.69, 9.17) is 9.40 Å². The maximum Gasteiger partial charge on any atom is 0.233 e. The quantitative estimate of drug-likeness (QED) is 0.687. The van der Waals surface area contributed by atoms with Crippen molar-refractivity contribution in [2.75, 3.05) is 26.2 Å². The molecule has 136 valence electrons. The Morgan fingerprint density at radius 2 is 1.88 bits per heavy atom. The van der Waals surface area contributed by atoms with E-state index in [1.807, 2.05) is 13.0 Å². The fourth-order valence-corrected chi connectivity index (χ4v) is 4.08. The highest BCUT2D eigenvalue weighted by Gasteiger charge is 2.25. The monoisotopic (exact) mass is 369 g/mol. The molecule has 1 aliphatic rings. The third-order valence-electron chi connectivity index (χ3n) is 4.81. The van der Waals surface area contributed by atoms with Crippen molar-refractivity contribution in [1.82, 2.24) is 25.0 Å². The summed E-state index contributed by atoms with van der Waals surface area (Å²) in [7, 11) is 0. The van der Waals surface area contributed by atoms with Crippen LogP contribution in [0, 0.1) is 6.92 Å². The average Bonchev–Trinajstić information content (AvgIpc) is 3.32. The molecule has 3 aromatic rings. The van der Waals surface area contributed by atoms with E-state index in [9.17, 15) is 0 Å². The number of aromatic nitrogens is 3. The molecule has 1 aromatic carbocycles. The lowest BCUT2D eigenvalue weighted by Crippen LogP contribution is -2.46. The van der Waals surface area contributed by atoms with Gasteiger partial charge >= 0.3 is 0 Å². The summed E-state index contributed by atoms with van der Waals surface area (Å²) in [6.07, 6.45) is 0. The van der Waals surface area contributed by atoms with Gasteiger partial charge in [-0.05, 0) is 6.92 Å². The first-order valence-electron chi connectivity index (χ1n) is 8.95. The number of hydrogen-bond donors (Lipinski definition) is 0. The summed E-state index contributed by atoms with van der Waals surface area (Å²) >= 11 is 1.72. The molecule has 4 rings (SSSR count). The molecular weight excluding hydrogens is 346 g/mol. The Hall–Kier alpha value is -2.09. The summed E-state index contributed by atoms with van der Waals surface area (Å²) in [6.45, 7) is 8.92. The summed E-state index contributed by atoms with van der Waals surface area (Å²) in [5.41, 5.74) is 2.35. The van der Waals surface area contributed by atoms with Crippen molar-refractivity contribution in [2.45, 2.75) is 26.4 Å². The third kappa shape index (κ3) is 3.85. The normalized spacial score (nSPS) is 17.5. The zero-order valence-corrected chi connectivity index (χ0v) is 15.9. The van der Waals surface area contributed by atoms with E-state index in [2.05, 4.69) is 56.6 Å². The summed E-state index contributed by atoms with van der Waals surface area (Å²) in [5.74, 6) is 1.34. The number of thiazole rings is 1. The van der Waals surface area contributed by atoms with Gasteiger partial charge in [0, 0.05) is 50.6 Å². The van der Waals surface area contributed by atoms with E-state index in [-0.39, 0.29) is 6.04 Å². The predicted octanol–water partition coefficient (Wildman–Crippen LogP) is 3.38. The fraction of sp³-hybridized carbons (Fsp3) is 0.421. The van der Waals surface area contributed by atoms with Gasteiger partial charge in [0.25, 0.3) is 0 Å². The molecule has 1 fully saturated rings. The highest BCUT2D eigenvalue weighted by molar-refractivity contribution is 7.13. The molecule has 0 radical (unpaired) electrons. The lowest BCUT2D eigenvalue weighted by atomic mass is 10.2. The van der Waals surface area contributed by atoms with Gasteiger partial charge in [0.15, 0.2) is 0 Å². The second kappa shape index (κ2) is 7.65. The van der Waals surface area contributed by atoms with Crippen molar-refractivity contribution in [3.63, 3.8) is 0 Å². The first-order chi connectivity index (χ1) is 12.7. The Morgan fingerprint density at radius 1 is 1.12 bits per heavy atom. The van der Waals surface area contributed by atoms with Crippen LogP contribution in [-0.4, -0.2) is 51.2 Å². The standard InChI is InChI=1S/C19H23N5OS/c1-14(18-22-21-15(2)25-18)24-10-8-23(9-11-24)12-17-13-26-19(20-17)16-6-4-3-5-7-16/h3-7,13-14H,8-12H2,1-2H3. The van der Waals surface area contributed by atoms with Crippen LogP contribution in [0.3, 0.4) is 0 Å². The van der Waals surface area contributed by atoms with Crippen LogP contribution in [-0.2, 0) is 6.54 Å². The van der Waals surface area contributed by atoms with Gasteiger partial charge in [-0.1, -0.05) is 30.3 Å². The molecule has 0 saturated carbocycles. The molecule has 0 aliphatic carbocycles. The molecule has 0 N–H and O–H groups in total. The lowest BCUT2D eigenvalue weighted by Gasteiger charge is -2.36. The minimum atomic E-state index is 0.169. The molecule has 1 aliphatic heterocycles. The highest BCUT2D eigenvalue weighted by atomic mass is 32.1. The van der Waals surface area contributed by atoms with E-state index < -0.39 is 0 Å². The van der Waals surface area contributed by atoms with Gasteiger partial charge in [0.2, 0.25) is 11.8 Å². The van der Waals surface area contributed by atoms with Crippen molar-refractivity contribution in [2.24, 2.45) is 0 Å². The molecule has 26 heavy (non-hydrogen) atoms. The van der Waals surface area contributed by atoms with Crippen molar-refractivity contribution in [1.29, 1.82) is 0 Å². The lowest BCUT2D eigenvalue weighted by molar-refractivity contribution is 0.0864. The second-order valence-electron chi connectivity index (χ2n) is 6.66. The maximum absolute atomic E-state index is 5.58. The van der Waals surface area contributed by atoms with Gasteiger partial charge in [-0.2, -0.15) is 0 Å². The fourth-order valence-electron chi connectivity index (χ4n) is 3.27. The van der Waals surface area contributed by atoms with Gasteiger partial charge in [0.05, 0.1) is 11.7 Å². The maximum atomic E-state index is 5.58. The zero-order chi connectivity index (χ0) is 17.9. The van der Waals surface area contributed by atoms with Crippen molar-refractivity contribution in [3.05, 3.63) is 53.2 Å². The van der Waals surface area contributed by atoms with Crippen LogP contribution in [0.25, 0.3) is 10.6 Å². The molecule has 7 heteroatoms. The topological polar surface area (TPSA) is 58.3 Å². The number of rotatable bonds is 5. The molecule has 0 amide bonds. The molecule has 6 nitrogen and oxygen atoms in total. The summed E-state index contributed by atoms with van der Waals surface area (Å²) in [6, 6.07) is 10.5. The number of nitrogens with zero attached hydrogens (tertiary/aromatic N) is 5. The molecule has 0 spiro atoms. The van der Waals surface area contributed by atoms with Crippen molar-refractivity contribution >= 4 is 11.3 Å². The average molecular weight is 369 g/mol. The van der Waals surface area contributed by atoms with Crippen LogP contribution in [0.15, 0.2) is 40.1 Å². The summed E-state index contributed by atoms with van der Waals surface area (Å²) in [4.78, 5) is 9.68. The molecule has 0 bridgehead atoms. The zero-order valence-electron chi connectivity index (χ0n) is 15.1. The first-order valence-corrected chi connectivity index (χ1v) is 9.83. The Kier molecular flexibility index (Phi) is 5.10. The molecular formula is C19H23N5OS. The Morgan fingerprint density at radius 3 is 2.58 bits per heavy atom. The minimum Gasteiger partial charge on any atom is -0.424 e. The predicted molar refractivity (Wildman–Crippen MR) is 102 cm³/mol. The smallest absolute Gasteiger partial charge is 0.233 e. The van der Waals surface area contributed by atoms with Gasteiger partial charge in [-0.15, -0.1) is 21.5 Å². The van der Waals surface area contributed by atoms with Crippen molar-refractivity contribution in [3.8, 4) is 10.6 Å². The molecule has 1 saturated heterocycles. The molecule has 2 aromatic heterocycles. The van der Waals surface area contributed by atoms with E-state index in [0.29, 0.717) is 11.8 Å². The van der Waals surface area contributed by atoms with E-state index in [1.165, 1.54) is 5.56 Å². The van der Waals surface area contributed by atoms with Gasteiger partial charge in [-0.25, -0.2) is 4.98 Å². The molecule has 3 heterocycles. The molecule has 1 atom stereocenters. The second-order valence-corrected chi connectivity index (χ2v) is 7.52. The Balaban J connectivity index is 1.32. The van der Waals surface area contributed by atoms with Crippen LogP contribution >= 0.6 is 11.3 Å². The third-order valence-corrected chi connectivity index (χ3v) is 5.75. The SMILES string of the molecule is Cc1nnc(C(C)N2CCN(Cc3csc(-c4ccccc4)n3)CC2)o1. The number of benzene rings is 1. The first kappa shape index (κ1) is 17.3. The summed E-state index contributed by atoms with van der Waals surface area (Å²) in [5, 5.41) is 11.4. The van der Waals surface area contributed by atoms with E-state index >= 15 is 0 Å². The Labute approximate surface area is 157 Å². The van der Waals surface area contributed by atoms with E-state index in [0.717, 1.165) is 43.4 Å². The largest absolute Gasteiger partial charge is 0.424 e. The minimum absolute atomic E-state index is 0.169. The number of hydrogen-bond acceptors (Lipinski definition) is 7. The van der Waals surface area contributed by atoms with Gasteiger partial charge in [-0.3, -0.25) is 9.80 Å². The number of aryl methyl sites for hydroxylation is 1. The van der Waals surface area contributed by atoms with Crippen LogP contribution in [0.1, 0.15) is 30.4 Å². The van der Waals surface area contributed by atoms with Crippen LogP contribution in [0.2, 0.25) is 0 Å². The van der Waals surface area contributed by atoms with Gasteiger partial charge in [0.1, 0.15) is 5.01 Å². The van der Waals surface area contributed by atoms with Crippen LogP contribution < -0.4 is 0 Å². The van der Waals surface area contributed by atoms with Crippen molar-refractivity contribution < 1.29 is 4.42 Å². The molecule has 1 unspecified atom stereocenters. The van der Waals surface area contributed by atoms with Crippen LogP contribution in [0.5, 0.6) is 0 Å². The van der Waals surface area contributed by atoms with Crippen LogP contribution in [0.4, 0.5) is 0 Å². The van der Waals surface area contributed by atoms with Gasteiger partial charge < -0.3 is 4.42 Å². The number of piperazine rings is 1. The highest BCUT2D eigenvalue weighted by Crippen LogP contribution is 2.25.